The van der Waals surface area contributed by atoms with E-state index in [-0.39, 0.29) is 29.1 Å². The van der Waals surface area contributed by atoms with Crippen LogP contribution in [0.5, 0.6) is 0 Å². The number of carbonyl (C=O) groups is 1. The second-order valence-corrected chi connectivity index (χ2v) is 9.28. The molecule has 1 aliphatic rings. The van der Waals surface area contributed by atoms with Crippen LogP contribution in [0.4, 0.5) is 11.4 Å². The van der Waals surface area contributed by atoms with Gasteiger partial charge in [-0.15, -0.1) is 0 Å². The average molecular weight is 540 g/mol. The van der Waals surface area contributed by atoms with E-state index in [1.54, 1.807) is 36.4 Å². The molecule has 3 aromatic carbocycles. The Morgan fingerprint density at radius 3 is 1.97 bits per heavy atom. The van der Waals surface area contributed by atoms with Gasteiger partial charge in [0.15, 0.2) is 11.4 Å². The number of hydrogen-bond donors (Lipinski definition) is 2. The van der Waals surface area contributed by atoms with Crippen LogP contribution in [0.25, 0.3) is 0 Å². The van der Waals surface area contributed by atoms with Gasteiger partial charge in [0.1, 0.15) is 13.1 Å². The normalized spacial score (nSPS) is 13.9. The van der Waals surface area contributed by atoms with Crippen molar-refractivity contribution >= 4 is 69.4 Å². The van der Waals surface area contributed by atoms with Crippen molar-refractivity contribution in [3.63, 3.8) is 0 Å². The van der Waals surface area contributed by atoms with Crippen LogP contribution < -0.4 is 15.9 Å². The monoisotopic (exact) mass is 538 g/mol. The summed E-state index contributed by atoms with van der Waals surface area (Å²) in [6.45, 7) is 0.287. The third-order valence-electron chi connectivity index (χ3n) is 5.43. The first-order valence-electron chi connectivity index (χ1n) is 9.79. The Kier molecular flexibility index (Phi) is 6.82. The maximum absolute atomic E-state index is 12.6. The first kappa shape index (κ1) is 24.4. The van der Waals surface area contributed by atoms with Gasteiger partial charge in [-0.25, -0.2) is 5.84 Å². The highest BCUT2D eigenvalue weighted by Crippen LogP contribution is 2.43. The number of amides is 1. The van der Waals surface area contributed by atoms with E-state index in [0.717, 1.165) is 0 Å². The molecule has 0 bridgehead atoms. The number of non-ortho nitro benzene ring substituents is 1. The molecule has 3 N–H and O–H groups in total. The molecule has 12 heteroatoms. The second kappa shape index (κ2) is 9.50. The van der Waals surface area contributed by atoms with Gasteiger partial charge in [0.2, 0.25) is 0 Å². The number of nitro benzene ring substituents is 1. The molecule has 0 saturated carbocycles. The van der Waals surface area contributed by atoms with Crippen LogP contribution >= 0.6 is 46.4 Å². The van der Waals surface area contributed by atoms with E-state index in [4.69, 9.17) is 57.3 Å². The van der Waals surface area contributed by atoms with Gasteiger partial charge in [-0.2, -0.15) is 4.59 Å². The number of fused-ring (bicyclic) bond motifs is 1. The lowest BCUT2D eigenvalue weighted by molar-refractivity contribution is -0.384. The number of halogens is 4. The molecule has 0 aliphatic carbocycles. The summed E-state index contributed by atoms with van der Waals surface area (Å²) < 4.78 is -0.261. The molecule has 3 aromatic rings. The summed E-state index contributed by atoms with van der Waals surface area (Å²) in [6, 6.07) is 14.2. The van der Waals surface area contributed by atoms with Crippen molar-refractivity contribution in [1.82, 2.24) is 10.0 Å². The number of nitrogens with two attached hydrogens (primary N) is 1. The molecule has 0 spiro atoms. The smallest absolute Gasteiger partial charge is 0.289 e. The first-order valence-corrected chi connectivity index (χ1v) is 11.3. The van der Waals surface area contributed by atoms with E-state index in [2.05, 4.69) is 5.43 Å². The van der Waals surface area contributed by atoms with Gasteiger partial charge in [-0.1, -0.05) is 63.6 Å². The summed E-state index contributed by atoms with van der Waals surface area (Å²) >= 11 is 25.1. The predicted octanol–water partition coefficient (Wildman–Crippen LogP) is 5.62. The summed E-state index contributed by atoms with van der Waals surface area (Å²) in [5, 5.41) is 18.0. The molecule has 0 fully saturated rings. The van der Waals surface area contributed by atoms with E-state index in [1.165, 1.54) is 18.2 Å². The van der Waals surface area contributed by atoms with Crippen LogP contribution in [0.3, 0.4) is 0 Å². The molecular formula is C22H16Cl4N5O3+. The van der Waals surface area contributed by atoms with Crippen molar-refractivity contribution in [2.24, 2.45) is 10.9 Å². The average Bonchev–Trinajstić information content (AvgIpc) is 3.11. The lowest BCUT2D eigenvalue weighted by Gasteiger charge is -2.30. The van der Waals surface area contributed by atoms with Gasteiger partial charge in [-0.3, -0.25) is 20.3 Å². The largest absolute Gasteiger partial charge is 0.290 e. The fraction of sp³-hybridized carbons (Fsp3) is 0.0909. The Balaban J connectivity index is 1.97. The van der Waals surface area contributed by atoms with E-state index in [0.29, 0.717) is 42.5 Å². The molecule has 0 aromatic heterocycles. The third kappa shape index (κ3) is 4.61. The van der Waals surface area contributed by atoms with Crippen molar-refractivity contribution in [1.29, 1.82) is 0 Å². The summed E-state index contributed by atoms with van der Waals surface area (Å²) in [7, 11) is 0. The zero-order valence-electron chi connectivity index (χ0n) is 17.3. The zero-order valence-corrected chi connectivity index (χ0v) is 20.3. The number of hydrogen-bond acceptors (Lipinski definition) is 5. The fourth-order valence-corrected chi connectivity index (χ4v) is 4.81. The van der Waals surface area contributed by atoms with Crippen LogP contribution in [0.15, 0.2) is 59.7 Å². The van der Waals surface area contributed by atoms with Gasteiger partial charge in [0, 0.05) is 27.2 Å². The fourth-order valence-electron chi connectivity index (χ4n) is 3.87. The van der Waals surface area contributed by atoms with E-state index in [1.807, 2.05) is 0 Å². The summed E-state index contributed by atoms with van der Waals surface area (Å²) in [5.41, 5.74) is 4.11. The van der Waals surface area contributed by atoms with Gasteiger partial charge >= 0.3 is 0 Å². The van der Waals surface area contributed by atoms with Crippen LogP contribution in [-0.4, -0.2) is 16.5 Å². The highest BCUT2D eigenvalue weighted by atomic mass is 35.5. The highest BCUT2D eigenvalue weighted by molar-refractivity contribution is 6.47. The minimum atomic E-state index is -0.639. The second-order valence-electron chi connectivity index (χ2n) is 7.59. The van der Waals surface area contributed by atoms with E-state index < -0.39 is 10.8 Å². The van der Waals surface area contributed by atoms with Gasteiger partial charge < -0.3 is 0 Å². The summed E-state index contributed by atoms with van der Waals surface area (Å²) in [6.07, 6.45) is 0. The molecule has 174 valence electrons. The van der Waals surface area contributed by atoms with Crippen LogP contribution in [0.1, 0.15) is 16.7 Å². The van der Waals surface area contributed by atoms with Gasteiger partial charge in [0.25, 0.3) is 11.6 Å². The SMILES string of the molecule is NNC(=O)C1=N[N+](Cc2ccc(Cl)cc2Cl)(Cc2ccc(Cl)cc2Cl)c2cc([N+](=O)[O-])ccc21. The maximum atomic E-state index is 12.6. The Labute approximate surface area is 214 Å². The van der Waals surface area contributed by atoms with Crippen molar-refractivity contribution in [3.8, 4) is 0 Å². The number of carbonyl (C=O) groups excluding carboxylic acids is 1. The number of nitrogens with one attached hydrogen (secondary N) is 1. The highest BCUT2D eigenvalue weighted by Gasteiger charge is 2.45. The number of benzene rings is 3. The number of hydrazine groups is 1. The summed E-state index contributed by atoms with van der Waals surface area (Å²) in [5.74, 6) is 4.76. The van der Waals surface area contributed by atoms with Gasteiger partial charge in [-0.05, 0) is 30.3 Å². The predicted molar refractivity (Wildman–Crippen MR) is 134 cm³/mol. The number of nitrogens with zero attached hydrogens (tertiary/aromatic N) is 3. The van der Waals surface area contributed by atoms with Gasteiger partial charge in [0.05, 0.1) is 26.6 Å². The Morgan fingerprint density at radius 1 is 0.941 bits per heavy atom. The lowest BCUT2D eigenvalue weighted by atomic mass is 10.0. The van der Waals surface area contributed by atoms with E-state index in [9.17, 15) is 14.9 Å². The first-order chi connectivity index (χ1) is 16.1. The Morgan fingerprint density at radius 2 is 1.50 bits per heavy atom. The topological polar surface area (TPSA) is 111 Å². The zero-order chi connectivity index (χ0) is 24.6. The molecule has 1 amide bonds. The maximum Gasteiger partial charge on any atom is 0.290 e. The van der Waals surface area contributed by atoms with Crippen LogP contribution in [-0.2, 0) is 17.9 Å². The third-order valence-corrected chi connectivity index (χ3v) is 6.60. The lowest BCUT2D eigenvalue weighted by Crippen LogP contribution is -2.42. The molecule has 8 nitrogen and oxygen atoms in total. The molecule has 1 heterocycles. The molecule has 0 unspecified atom stereocenters. The molecule has 0 radical (unpaired) electrons. The summed E-state index contributed by atoms with van der Waals surface area (Å²) in [4.78, 5) is 23.7. The molecule has 34 heavy (non-hydrogen) atoms. The standard InChI is InChI=1S/C22H15Cl4N5O3/c23-14-3-1-12(18(25)7-14)10-31(11-13-2-4-15(24)8-19(13)26)20-9-16(30(33)34)5-6-17(20)21(29-31)22(32)28-27/h1-9H,10-11H2,(H2-,27,28,29,32)/p+1. The molecular weight excluding hydrogens is 524 g/mol. The van der Waals surface area contributed by atoms with Crippen molar-refractivity contribution in [3.05, 3.63) is 101 Å². The Hall–Kier alpha value is -2.72. The molecule has 4 rings (SSSR count). The molecule has 0 saturated heterocycles. The van der Waals surface area contributed by atoms with Crippen LogP contribution in [0.2, 0.25) is 20.1 Å². The molecule has 1 aliphatic heterocycles. The number of rotatable bonds is 6. The molecule has 0 atom stereocenters. The number of nitro groups is 1. The minimum Gasteiger partial charge on any atom is -0.289 e. The van der Waals surface area contributed by atoms with Crippen molar-refractivity contribution in [2.45, 2.75) is 13.1 Å². The van der Waals surface area contributed by atoms with Crippen LogP contribution in [0, 0.1) is 10.1 Å². The quantitative estimate of drug-likeness (QED) is 0.139. The van der Waals surface area contributed by atoms with Crippen molar-refractivity contribution < 1.29 is 9.72 Å². The van der Waals surface area contributed by atoms with E-state index >= 15 is 0 Å². The van der Waals surface area contributed by atoms with Crippen molar-refractivity contribution in [2.75, 3.05) is 0 Å². The minimum absolute atomic E-state index is 0.0302. The number of quaternary nitrogens is 1. The Bertz CT molecular complexity index is 1310.